The van der Waals surface area contributed by atoms with Crippen LogP contribution in [0.5, 0.6) is 0 Å². The maximum Gasteiger partial charge on any atom is 0.239 e. The average molecular weight is 358 g/mol. The number of nitrogens with two attached hydrogens (primary N) is 2. The number of carbonyl (C=O) groups is 2. The zero-order chi connectivity index (χ0) is 18.6. The molecule has 4 N–H and O–H groups in total. The Balaban J connectivity index is 1.59. The van der Waals surface area contributed by atoms with Gasteiger partial charge in [-0.1, -0.05) is 30.3 Å². The Morgan fingerprint density at radius 2 is 1.85 bits per heavy atom. The number of benzene rings is 1. The molecule has 1 spiro atoms. The van der Waals surface area contributed by atoms with Gasteiger partial charge in [0.1, 0.15) is 0 Å². The van der Waals surface area contributed by atoms with Crippen LogP contribution >= 0.6 is 0 Å². The lowest BCUT2D eigenvalue weighted by atomic mass is 9.72. The Morgan fingerprint density at radius 1 is 1.15 bits per heavy atom. The van der Waals surface area contributed by atoms with E-state index >= 15 is 0 Å². The molecule has 2 saturated heterocycles. The molecule has 2 aliphatic heterocycles. The summed E-state index contributed by atoms with van der Waals surface area (Å²) in [5.74, 6) is 0.251. The molecule has 0 unspecified atom stereocenters. The minimum Gasteiger partial charge on any atom is -0.341 e. The SMILES string of the molecule is NCC[C@H](N)C(=O)N1CCC2(CCC(=O)N(Cc3ccccc3)C2)CC1. The van der Waals surface area contributed by atoms with Crippen LogP contribution in [0.3, 0.4) is 0 Å². The topological polar surface area (TPSA) is 92.7 Å². The van der Waals surface area contributed by atoms with Crippen LogP contribution in [-0.2, 0) is 16.1 Å². The fourth-order valence-electron chi connectivity index (χ4n) is 4.20. The lowest BCUT2D eigenvalue weighted by Gasteiger charge is -2.47. The van der Waals surface area contributed by atoms with Crippen molar-refractivity contribution >= 4 is 11.8 Å². The number of amides is 2. The molecule has 2 fully saturated rings. The van der Waals surface area contributed by atoms with Gasteiger partial charge in [-0.15, -0.1) is 0 Å². The van der Waals surface area contributed by atoms with Gasteiger partial charge in [0.05, 0.1) is 6.04 Å². The summed E-state index contributed by atoms with van der Waals surface area (Å²) in [7, 11) is 0. The van der Waals surface area contributed by atoms with Crippen LogP contribution in [0, 0.1) is 5.41 Å². The third-order valence-corrected chi connectivity index (χ3v) is 5.90. The molecule has 0 radical (unpaired) electrons. The van der Waals surface area contributed by atoms with E-state index in [-0.39, 0.29) is 17.2 Å². The molecule has 2 heterocycles. The Morgan fingerprint density at radius 3 is 2.50 bits per heavy atom. The number of hydrogen-bond acceptors (Lipinski definition) is 4. The molecular formula is C20H30N4O2. The lowest BCUT2D eigenvalue weighted by molar-refractivity contribution is -0.143. The Hall–Kier alpha value is -1.92. The smallest absolute Gasteiger partial charge is 0.239 e. The fraction of sp³-hybridized carbons (Fsp3) is 0.600. The first-order valence-corrected chi connectivity index (χ1v) is 9.59. The van der Waals surface area contributed by atoms with E-state index in [0.717, 1.165) is 38.9 Å². The van der Waals surface area contributed by atoms with Crippen LogP contribution < -0.4 is 11.5 Å². The van der Waals surface area contributed by atoms with Crippen LogP contribution in [0.2, 0.25) is 0 Å². The highest BCUT2D eigenvalue weighted by atomic mass is 16.2. The maximum atomic E-state index is 12.4. The zero-order valence-corrected chi connectivity index (χ0v) is 15.4. The van der Waals surface area contributed by atoms with E-state index in [9.17, 15) is 9.59 Å². The van der Waals surface area contributed by atoms with E-state index in [1.54, 1.807) is 0 Å². The van der Waals surface area contributed by atoms with E-state index in [0.29, 0.717) is 25.9 Å². The van der Waals surface area contributed by atoms with E-state index in [1.807, 2.05) is 28.0 Å². The molecule has 0 aromatic heterocycles. The standard InChI is InChI=1S/C20H30N4O2/c21-11-7-17(22)19(26)23-12-9-20(10-13-23)8-6-18(25)24(15-20)14-16-4-2-1-3-5-16/h1-5,17H,6-15,21-22H2/t17-/m0/s1. The van der Waals surface area contributed by atoms with Gasteiger partial charge in [-0.05, 0) is 43.2 Å². The predicted molar refractivity (Wildman–Crippen MR) is 101 cm³/mol. The molecule has 0 aliphatic carbocycles. The van der Waals surface area contributed by atoms with E-state index in [4.69, 9.17) is 11.5 Å². The van der Waals surface area contributed by atoms with Gasteiger partial charge < -0.3 is 21.3 Å². The maximum absolute atomic E-state index is 12.4. The first-order valence-electron chi connectivity index (χ1n) is 9.59. The number of rotatable bonds is 5. The summed E-state index contributed by atoms with van der Waals surface area (Å²) in [6.45, 7) is 3.35. The Bertz CT molecular complexity index is 626. The third-order valence-electron chi connectivity index (χ3n) is 5.90. The lowest BCUT2D eigenvalue weighted by Crippen LogP contribution is -2.54. The second-order valence-electron chi connectivity index (χ2n) is 7.74. The van der Waals surface area contributed by atoms with Crippen molar-refractivity contribution in [3.8, 4) is 0 Å². The van der Waals surface area contributed by atoms with Crippen LogP contribution in [0.25, 0.3) is 0 Å². The van der Waals surface area contributed by atoms with E-state index in [1.165, 1.54) is 5.56 Å². The van der Waals surface area contributed by atoms with Crippen LogP contribution in [-0.4, -0.2) is 53.8 Å². The first kappa shape index (κ1) is 18.9. The summed E-state index contributed by atoms with van der Waals surface area (Å²) in [6, 6.07) is 9.65. The molecule has 1 aromatic carbocycles. The molecule has 0 bridgehead atoms. The van der Waals surface area contributed by atoms with Gasteiger partial charge in [-0.25, -0.2) is 0 Å². The normalized spacial score (nSPS) is 21.1. The van der Waals surface area contributed by atoms with Crippen molar-refractivity contribution in [3.63, 3.8) is 0 Å². The zero-order valence-electron chi connectivity index (χ0n) is 15.4. The minimum absolute atomic E-state index is 0.0123. The summed E-state index contributed by atoms with van der Waals surface area (Å²) < 4.78 is 0. The van der Waals surface area contributed by atoms with Gasteiger partial charge in [0.25, 0.3) is 0 Å². The second-order valence-corrected chi connectivity index (χ2v) is 7.74. The number of nitrogens with zero attached hydrogens (tertiary/aromatic N) is 2. The Kier molecular flexibility index (Phi) is 5.94. The van der Waals surface area contributed by atoms with Crippen molar-refractivity contribution in [1.29, 1.82) is 0 Å². The van der Waals surface area contributed by atoms with Gasteiger partial charge in [-0.3, -0.25) is 9.59 Å². The highest BCUT2D eigenvalue weighted by Crippen LogP contribution is 2.40. The highest BCUT2D eigenvalue weighted by molar-refractivity contribution is 5.81. The van der Waals surface area contributed by atoms with Crippen molar-refractivity contribution in [2.24, 2.45) is 16.9 Å². The summed E-state index contributed by atoms with van der Waals surface area (Å²) in [4.78, 5) is 28.7. The minimum atomic E-state index is -0.489. The van der Waals surface area contributed by atoms with Gasteiger partial charge in [0, 0.05) is 32.6 Å². The van der Waals surface area contributed by atoms with Gasteiger partial charge >= 0.3 is 0 Å². The number of hydrogen-bond donors (Lipinski definition) is 2. The largest absolute Gasteiger partial charge is 0.341 e. The molecule has 0 saturated carbocycles. The quantitative estimate of drug-likeness (QED) is 0.824. The van der Waals surface area contributed by atoms with E-state index in [2.05, 4.69) is 12.1 Å². The molecule has 2 aliphatic rings. The molecule has 3 rings (SSSR count). The van der Waals surface area contributed by atoms with Crippen LogP contribution in [0.1, 0.15) is 37.7 Å². The monoisotopic (exact) mass is 358 g/mol. The molecular weight excluding hydrogens is 328 g/mol. The van der Waals surface area contributed by atoms with Crippen molar-refractivity contribution in [2.75, 3.05) is 26.2 Å². The Labute approximate surface area is 155 Å². The van der Waals surface area contributed by atoms with Crippen molar-refractivity contribution in [3.05, 3.63) is 35.9 Å². The molecule has 1 aromatic rings. The van der Waals surface area contributed by atoms with Crippen molar-refractivity contribution in [1.82, 2.24) is 9.80 Å². The highest BCUT2D eigenvalue weighted by Gasteiger charge is 2.42. The van der Waals surface area contributed by atoms with Crippen molar-refractivity contribution < 1.29 is 9.59 Å². The van der Waals surface area contributed by atoms with Crippen LogP contribution in [0.15, 0.2) is 30.3 Å². The molecule has 1 atom stereocenters. The second kappa shape index (κ2) is 8.18. The molecule has 6 nitrogen and oxygen atoms in total. The third kappa shape index (κ3) is 4.24. The average Bonchev–Trinajstić information content (AvgIpc) is 2.66. The van der Waals surface area contributed by atoms with Gasteiger partial charge in [0.2, 0.25) is 11.8 Å². The summed E-state index contributed by atoms with van der Waals surface area (Å²) in [5, 5.41) is 0. The molecule has 2 amide bonds. The summed E-state index contributed by atoms with van der Waals surface area (Å²) in [5.41, 5.74) is 12.7. The molecule has 26 heavy (non-hydrogen) atoms. The van der Waals surface area contributed by atoms with Gasteiger partial charge in [0.15, 0.2) is 0 Å². The number of likely N-dealkylation sites (tertiary alicyclic amines) is 2. The van der Waals surface area contributed by atoms with Crippen LogP contribution in [0.4, 0.5) is 0 Å². The predicted octanol–water partition coefficient (Wildman–Crippen LogP) is 1.09. The molecule has 142 valence electrons. The van der Waals surface area contributed by atoms with Gasteiger partial charge in [-0.2, -0.15) is 0 Å². The fourth-order valence-corrected chi connectivity index (χ4v) is 4.20. The number of piperidine rings is 2. The first-order chi connectivity index (χ1) is 12.5. The van der Waals surface area contributed by atoms with E-state index < -0.39 is 6.04 Å². The van der Waals surface area contributed by atoms with Crippen molar-refractivity contribution in [2.45, 2.75) is 44.7 Å². The number of carbonyl (C=O) groups excluding carboxylic acids is 2. The molecule has 6 heteroatoms. The summed E-state index contributed by atoms with van der Waals surface area (Å²) in [6.07, 6.45) is 3.93. The summed E-state index contributed by atoms with van der Waals surface area (Å²) >= 11 is 0.